The zero-order valence-electron chi connectivity index (χ0n) is 20.2. The fourth-order valence-electron chi connectivity index (χ4n) is 3.42. The van der Waals surface area contributed by atoms with Crippen molar-refractivity contribution < 1.29 is 19.1 Å². The van der Waals surface area contributed by atoms with Crippen molar-refractivity contribution in [2.45, 2.75) is 27.2 Å². The van der Waals surface area contributed by atoms with E-state index in [0.29, 0.717) is 23.4 Å². The first-order valence-corrected chi connectivity index (χ1v) is 12.1. The smallest absolute Gasteiger partial charge is 0.329 e. The maximum absolute atomic E-state index is 12.5. The largest absolute Gasteiger partial charge is 0.483 e. The second kappa shape index (κ2) is 12.6. The summed E-state index contributed by atoms with van der Waals surface area (Å²) in [4.78, 5) is 36.9. The van der Waals surface area contributed by atoms with Crippen LogP contribution in [0.15, 0.2) is 70.2 Å². The topological polar surface area (TPSA) is 109 Å². The van der Waals surface area contributed by atoms with Gasteiger partial charge in [0.05, 0.1) is 6.21 Å². The number of nitrogens with one attached hydrogen (secondary N) is 3. The van der Waals surface area contributed by atoms with Gasteiger partial charge in [-0.25, -0.2) is 5.43 Å². The number of rotatable bonds is 8. The normalized spacial score (nSPS) is 10.7. The Bertz CT molecular complexity index is 1290. The molecule has 3 amide bonds. The first-order valence-electron chi connectivity index (χ1n) is 11.3. The lowest BCUT2D eigenvalue weighted by molar-refractivity contribution is -0.136. The fourth-order valence-corrected chi connectivity index (χ4v) is 3.80. The highest BCUT2D eigenvalue weighted by Crippen LogP contribution is 2.23. The Morgan fingerprint density at radius 1 is 0.944 bits per heavy atom. The minimum absolute atomic E-state index is 0.220. The molecular weight excluding hydrogens is 524 g/mol. The van der Waals surface area contributed by atoms with Crippen LogP contribution in [-0.4, -0.2) is 30.5 Å². The van der Waals surface area contributed by atoms with Crippen molar-refractivity contribution >= 4 is 51.2 Å². The molecule has 3 aromatic rings. The number of hydrazone groups is 1. The van der Waals surface area contributed by atoms with Crippen LogP contribution in [0.5, 0.6) is 5.75 Å². The van der Waals surface area contributed by atoms with E-state index in [2.05, 4.69) is 37.1 Å². The number of aryl methyl sites for hydroxylation is 3. The van der Waals surface area contributed by atoms with Gasteiger partial charge in [-0.15, -0.1) is 0 Å². The summed E-state index contributed by atoms with van der Waals surface area (Å²) in [5.74, 6) is -1.67. The molecule has 0 aliphatic heterocycles. The maximum atomic E-state index is 12.5. The van der Waals surface area contributed by atoms with Crippen LogP contribution in [0.3, 0.4) is 0 Å². The van der Waals surface area contributed by atoms with Crippen LogP contribution in [0, 0.1) is 13.8 Å². The Morgan fingerprint density at radius 3 is 2.39 bits per heavy atom. The van der Waals surface area contributed by atoms with Gasteiger partial charge in [-0.05, 0) is 61.2 Å². The van der Waals surface area contributed by atoms with Crippen molar-refractivity contribution in [3.63, 3.8) is 0 Å². The van der Waals surface area contributed by atoms with Gasteiger partial charge in [-0.2, -0.15) is 5.10 Å². The van der Waals surface area contributed by atoms with Crippen molar-refractivity contribution in [2.24, 2.45) is 5.10 Å². The number of hydrogen-bond acceptors (Lipinski definition) is 5. The summed E-state index contributed by atoms with van der Waals surface area (Å²) in [6.45, 7) is 5.58. The number of para-hydroxylation sites is 2. The number of carbonyl (C=O) groups excluding carboxylic acids is 3. The molecule has 8 nitrogen and oxygen atoms in total. The maximum Gasteiger partial charge on any atom is 0.329 e. The molecule has 9 heteroatoms. The molecule has 0 heterocycles. The average Bonchev–Trinajstić information content (AvgIpc) is 2.86. The van der Waals surface area contributed by atoms with Crippen molar-refractivity contribution in [3.05, 3.63) is 87.4 Å². The van der Waals surface area contributed by atoms with E-state index in [1.54, 1.807) is 30.3 Å². The van der Waals surface area contributed by atoms with E-state index in [4.69, 9.17) is 4.74 Å². The molecule has 186 valence electrons. The van der Waals surface area contributed by atoms with Gasteiger partial charge in [0.15, 0.2) is 6.61 Å². The molecule has 0 saturated carbocycles. The highest BCUT2D eigenvalue weighted by molar-refractivity contribution is 9.10. The molecule has 0 fully saturated rings. The summed E-state index contributed by atoms with van der Waals surface area (Å²) in [7, 11) is 0. The van der Waals surface area contributed by atoms with Gasteiger partial charge in [0.1, 0.15) is 5.75 Å². The number of benzene rings is 3. The number of carbonyl (C=O) groups is 3. The molecule has 0 spiro atoms. The third-order valence-electron chi connectivity index (χ3n) is 5.30. The Labute approximate surface area is 218 Å². The van der Waals surface area contributed by atoms with Crippen LogP contribution in [0.25, 0.3) is 0 Å². The highest BCUT2D eigenvalue weighted by Gasteiger charge is 2.15. The van der Waals surface area contributed by atoms with E-state index in [1.165, 1.54) is 6.21 Å². The predicted molar refractivity (Wildman–Crippen MR) is 144 cm³/mol. The fraction of sp³-hybridized carbons (Fsp3) is 0.185. The Kier molecular flexibility index (Phi) is 9.35. The zero-order chi connectivity index (χ0) is 26.1. The van der Waals surface area contributed by atoms with E-state index in [9.17, 15) is 14.4 Å². The number of ether oxygens (including phenoxy) is 1. The van der Waals surface area contributed by atoms with Crippen LogP contribution < -0.4 is 20.8 Å². The lowest BCUT2D eigenvalue weighted by atomic mass is 10.1. The van der Waals surface area contributed by atoms with Crippen LogP contribution in [0.2, 0.25) is 0 Å². The molecule has 0 aliphatic carbocycles. The minimum Gasteiger partial charge on any atom is -0.483 e. The second-order valence-electron chi connectivity index (χ2n) is 7.95. The van der Waals surface area contributed by atoms with Gasteiger partial charge in [-0.3, -0.25) is 14.4 Å². The third kappa shape index (κ3) is 7.26. The summed E-state index contributed by atoms with van der Waals surface area (Å²) < 4.78 is 6.45. The molecule has 0 unspecified atom stereocenters. The molecule has 3 rings (SSSR count). The predicted octanol–water partition coefficient (Wildman–Crippen LogP) is 4.73. The summed E-state index contributed by atoms with van der Waals surface area (Å²) >= 11 is 3.38. The number of nitrogens with zero attached hydrogens (tertiary/aromatic N) is 1. The molecule has 3 N–H and O–H groups in total. The zero-order valence-corrected chi connectivity index (χ0v) is 21.8. The van der Waals surface area contributed by atoms with E-state index >= 15 is 0 Å². The van der Waals surface area contributed by atoms with E-state index in [0.717, 1.165) is 26.9 Å². The van der Waals surface area contributed by atoms with Crippen molar-refractivity contribution in [2.75, 3.05) is 17.2 Å². The minimum atomic E-state index is -0.914. The van der Waals surface area contributed by atoms with Gasteiger partial charge in [-0.1, -0.05) is 59.3 Å². The molecule has 3 aromatic carbocycles. The lowest BCUT2D eigenvalue weighted by Gasteiger charge is -2.13. The van der Waals surface area contributed by atoms with Gasteiger partial charge in [0.25, 0.3) is 5.91 Å². The van der Waals surface area contributed by atoms with E-state index < -0.39 is 11.8 Å². The summed E-state index contributed by atoms with van der Waals surface area (Å²) in [6.07, 6.45) is 2.05. The molecule has 0 radical (unpaired) electrons. The summed E-state index contributed by atoms with van der Waals surface area (Å²) in [6, 6.07) is 18.2. The van der Waals surface area contributed by atoms with Crippen LogP contribution in [0.4, 0.5) is 11.4 Å². The van der Waals surface area contributed by atoms with Crippen molar-refractivity contribution in [1.82, 2.24) is 5.43 Å². The number of hydrogen-bond donors (Lipinski definition) is 3. The molecule has 0 aromatic heterocycles. The molecular formula is C27H27BrN4O4. The monoisotopic (exact) mass is 550 g/mol. The van der Waals surface area contributed by atoms with Gasteiger partial charge in [0, 0.05) is 21.4 Å². The molecule has 0 bridgehead atoms. The van der Waals surface area contributed by atoms with Gasteiger partial charge >= 0.3 is 11.8 Å². The SMILES string of the molecule is CCc1ccccc1NC(=O)C(=O)N/N=C\c1cc(Br)ccc1OCC(=O)Nc1c(C)cccc1C. The van der Waals surface area contributed by atoms with Crippen molar-refractivity contribution in [3.8, 4) is 5.75 Å². The lowest BCUT2D eigenvalue weighted by Crippen LogP contribution is -2.32. The second-order valence-corrected chi connectivity index (χ2v) is 8.87. The van der Waals surface area contributed by atoms with Crippen LogP contribution in [0.1, 0.15) is 29.2 Å². The molecule has 0 aliphatic rings. The number of anilines is 2. The van der Waals surface area contributed by atoms with Crippen molar-refractivity contribution in [1.29, 1.82) is 0 Å². The quantitative estimate of drug-likeness (QED) is 0.214. The first-order chi connectivity index (χ1) is 17.3. The summed E-state index contributed by atoms with van der Waals surface area (Å²) in [5, 5.41) is 9.34. The Morgan fingerprint density at radius 2 is 1.67 bits per heavy atom. The van der Waals surface area contributed by atoms with E-state index in [1.807, 2.05) is 51.1 Å². The Balaban J connectivity index is 1.61. The van der Waals surface area contributed by atoms with Gasteiger partial charge in [0.2, 0.25) is 0 Å². The summed E-state index contributed by atoms with van der Waals surface area (Å²) in [5.41, 5.74) is 6.87. The van der Waals surface area contributed by atoms with Crippen LogP contribution in [-0.2, 0) is 20.8 Å². The third-order valence-corrected chi connectivity index (χ3v) is 5.79. The average molecular weight is 551 g/mol. The first kappa shape index (κ1) is 26.6. The molecule has 0 saturated heterocycles. The van der Waals surface area contributed by atoms with Crippen LogP contribution >= 0.6 is 15.9 Å². The van der Waals surface area contributed by atoms with Gasteiger partial charge < -0.3 is 15.4 Å². The van der Waals surface area contributed by atoms with E-state index in [-0.39, 0.29) is 12.5 Å². The highest BCUT2D eigenvalue weighted by atomic mass is 79.9. The number of amides is 3. The standard InChI is InChI=1S/C27H27BrN4O4/c1-4-19-10-5-6-11-22(19)30-26(34)27(35)32-29-15-20-14-21(28)12-13-23(20)36-16-24(33)31-25-17(2)8-7-9-18(25)3/h5-15H,4,16H2,1-3H3,(H,30,34)(H,31,33)(H,32,35)/b29-15-. The molecule has 0 atom stereocenters. The Hall–Kier alpha value is -3.98. The number of halogens is 1. The molecule has 36 heavy (non-hydrogen) atoms.